The second kappa shape index (κ2) is 10.1. The maximum Gasteiger partial charge on any atom is 0.419 e. The number of anilines is 2. The van der Waals surface area contributed by atoms with Gasteiger partial charge in [0.2, 0.25) is 0 Å². The minimum atomic E-state index is -4.98. The Bertz CT molecular complexity index is 1780. The maximum absolute atomic E-state index is 15.4. The number of amides is 4. The molecule has 4 amide bonds. The number of rotatable bonds is 3. The highest BCUT2D eigenvalue weighted by molar-refractivity contribution is 7.80. The van der Waals surface area contributed by atoms with Gasteiger partial charge in [0.25, 0.3) is 17.4 Å². The first-order chi connectivity index (χ1) is 19.8. The highest BCUT2D eigenvalue weighted by Gasteiger charge is 2.61. The van der Waals surface area contributed by atoms with E-state index in [2.05, 4.69) is 4.98 Å². The van der Waals surface area contributed by atoms with E-state index >= 15 is 4.39 Å². The smallest absolute Gasteiger partial charge is 0.287 e. The van der Waals surface area contributed by atoms with E-state index in [1.165, 1.54) is 43.6 Å². The number of urea groups is 1. The van der Waals surface area contributed by atoms with Gasteiger partial charge in [-0.1, -0.05) is 6.07 Å². The number of hydrogen-bond acceptors (Lipinski definition) is 7. The van der Waals surface area contributed by atoms with Gasteiger partial charge in [0, 0.05) is 25.0 Å². The number of carbonyl (C=O) groups excluding carboxylic acids is 3. The Balaban J connectivity index is 1.49. The van der Waals surface area contributed by atoms with Crippen LogP contribution in [0.3, 0.4) is 0 Å². The van der Waals surface area contributed by atoms with Crippen LogP contribution >= 0.6 is 12.2 Å². The quantitative estimate of drug-likeness (QED) is 0.253. The molecule has 2 aliphatic rings. The van der Waals surface area contributed by atoms with Crippen LogP contribution in [0.1, 0.15) is 40.9 Å². The monoisotopic (exact) mass is 598 g/mol. The molecule has 0 N–H and O–H groups in total. The Labute approximate surface area is 240 Å². The highest BCUT2D eigenvalue weighted by Crippen LogP contribution is 2.48. The van der Waals surface area contributed by atoms with Gasteiger partial charge in [0.05, 0.1) is 23.0 Å². The zero-order chi connectivity index (χ0) is 30.6. The van der Waals surface area contributed by atoms with Crippen molar-refractivity contribution in [3.05, 3.63) is 87.9 Å². The first kappa shape index (κ1) is 28.6. The Kier molecular flexibility index (Phi) is 6.89. The third-order valence-electron chi connectivity index (χ3n) is 7.20. The number of hydrogen-bond donors (Lipinski definition) is 0. The number of benzene rings is 1. The maximum atomic E-state index is 15.4. The molecule has 0 atom stereocenters. The molecule has 0 bridgehead atoms. The number of halogens is 4. The largest absolute Gasteiger partial charge is 0.419 e. The predicted molar refractivity (Wildman–Crippen MR) is 143 cm³/mol. The number of imide groups is 1. The normalized spacial score (nSPS) is 15.9. The van der Waals surface area contributed by atoms with Crippen LogP contribution < -0.4 is 15.4 Å². The third-order valence-corrected chi connectivity index (χ3v) is 7.67. The molecule has 3 aromatic rings. The van der Waals surface area contributed by atoms with E-state index in [1.54, 1.807) is 0 Å². The van der Waals surface area contributed by atoms with E-state index in [9.17, 15) is 32.3 Å². The standard InChI is InChI=1S/C27H18F4N6O4S/c1-34(25(42)35-10-3-2-5-21(35)38)22(39)17-7-6-15(12-19(17)28)37-24(41)36(23(40)26(37)8-4-9-26)16-11-18(27(29,30)31)20(13-32)33-14-16/h2-3,5-7,10-12,14H,4,8-9H2,1H3. The number of thiocarbonyl (C=S) groups is 1. The Morgan fingerprint density at radius 1 is 1.12 bits per heavy atom. The minimum Gasteiger partial charge on any atom is -0.287 e. The number of pyridine rings is 2. The van der Waals surface area contributed by atoms with Crippen molar-refractivity contribution in [2.75, 3.05) is 16.8 Å². The summed E-state index contributed by atoms with van der Waals surface area (Å²) >= 11 is 5.21. The van der Waals surface area contributed by atoms with E-state index in [0.29, 0.717) is 17.4 Å². The number of alkyl halides is 3. The second-order valence-electron chi connectivity index (χ2n) is 9.56. The molecule has 10 nitrogen and oxygen atoms in total. The Morgan fingerprint density at radius 2 is 1.83 bits per heavy atom. The molecule has 1 aromatic carbocycles. The van der Waals surface area contributed by atoms with Gasteiger partial charge in [0.15, 0.2) is 10.8 Å². The van der Waals surface area contributed by atoms with Crippen molar-refractivity contribution in [1.29, 1.82) is 5.26 Å². The summed E-state index contributed by atoms with van der Waals surface area (Å²) in [4.78, 5) is 58.1. The lowest BCUT2D eigenvalue weighted by Crippen LogP contribution is -2.55. The molecule has 0 radical (unpaired) electrons. The van der Waals surface area contributed by atoms with E-state index in [4.69, 9.17) is 17.5 Å². The van der Waals surface area contributed by atoms with E-state index in [0.717, 1.165) is 32.7 Å². The molecule has 2 fully saturated rings. The molecule has 0 unspecified atom stereocenters. The summed E-state index contributed by atoms with van der Waals surface area (Å²) in [5.41, 5.74) is -5.38. The van der Waals surface area contributed by atoms with Crippen molar-refractivity contribution < 1.29 is 31.9 Å². The van der Waals surface area contributed by atoms with Crippen LogP contribution in [-0.2, 0) is 11.0 Å². The fourth-order valence-electron chi connectivity index (χ4n) is 4.92. The molecule has 1 aliphatic heterocycles. The lowest BCUT2D eigenvalue weighted by atomic mass is 9.75. The number of carbonyl (C=O) groups is 3. The summed E-state index contributed by atoms with van der Waals surface area (Å²) in [7, 11) is 1.25. The van der Waals surface area contributed by atoms with Gasteiger partial charge in [-0.3, -0.25) is 28.8 Å². The molecule has 5 rings (SSSR count). The van der Waals surface area contributed by atoms with Crippen molar-refractivity contribution >= 4 is 46.6 Å². The third kappa shape index (κ3) is 4.40. The average Bonchev–Trinajstić information content (AvgIpc) is 3.17. The molecular formula is C27H18F4N6O4S. The summed E-state index contributed by atoms with van der Waals surface area (Å²) in [6.45, 7) is 0. The zero-order valence-corrected chi connectivity index (χ0v) is 22.4. The van der Waals surface area contributed by atoms with Gasteiger partial charge < -0.3 is 0 Å². The fourth-order valence-corrected chi connectivity index (χ4v) is 5.15. The van der Waals surface area contributed by atoms with Crippen molar-refractivity contribution in [2.24, 2.45) is 0 Å². The summed E-state index contributed by atoms with van der Waals surface area (Å²) in [5.74, 6) is -2.79. The summed E-state index contributed by atoms with van der Waals surface area (Å²) < 4.78 is 57.1. The number of nitriles is 1. The molecule has 1 saturated carbocycles. The second-order valence-corrected chi connectivity index (χ2v) is 9.93. The molecule has 15 heteroatoms. The minimum absolute atomic E-state index is 0.105. The van der Waals surface area contributed by atoms with E-state index in [-0.39, 0.29) is 23.6 Å². The first-order valence-electron chi connectivity index (χ1n) is 12.3. The van der Waals surface area contributed by atoms with E-state index < -0.39 is 63.4 Å². The molecule has 3 heterocycles. The molecule has 2 aromatic heterocycles. The molecule has 1 saturated heterocycles. The van der Waals surface area contributed by atoms with Crippen molar-refractivity contribution in [3.8, 4) is 6.07 Å². The zero-order valence-electron chi connectivity index (χ0n) is 21.6. The van der Waals surface area contributed by atoms with Gasteiger partial charge in [0.1, 0.15) is 17.4 Å². The molecule has 1 spiro atoms. The highest BCUT2D eigenvalue weighted by atomic mass is 32.1. The van der Waals surface area contributed by atoms with Crippen molar-refractivity contribution in [1.82, 2.24) is 14.5 Å². The summed E-state index contributed by atoms with van der Waals surface area (Å²) in [5, 5.41) is 8.82. The fraction of sp³-hybridized carbons (Fsp3) is 0.222. The van der Waals surface area contributed by atoms with Crippen LogP contribution in [0.2, 0.25) is 0 Å². The van der Waals surface area contributed by atoms with Gasteiger partial charge >= 0.3 is 12.2 Å². The first-order valence-corrected chi connectivity index (χ1v) is 12.7. The molecule has 42 heavy (non-hydrogen) atoms. The molecule has 214 valence electrons. The van der Waals surface area contributed by atoms with E-state index in [1.807, 2.05) is 0 Å². The van der Waals surface area contributed by atoms with Gasteiger partial charge in [-0.15, -0.1) is 0 Å². The van der Waals surface area contributed by atoms with Crippen LogP contribution in [0.5, 0.6) is 0 Å². The van der Waals surface area contributed by atoms with Crippen LogP contribution in [0, 0.1) is 17.1 Å². The molecular weight excluding hydrogens is 580 g/mol. The predicted octanol–water partition coefficient (Wildman–Crippen LogP) is 4.07. The van der Waals surface area contributed by atoms with Crippen molar-refractivity contribution in [2.45, 2.75) is 31.0 Å². The number of aromatic nitrogens is 2. The summed E-state index contributed by atoms with van der Waals surface area (Å²) in [6.07, 6.45) is -1.98. The lowest BCUT2D eigenvalue weighted by molar-refractivity contribution is -0.138. The van der Waals surface area contributed by atoms with Gasteiger partial charge in [-0.05, 0) is 61.8 Å². The lowest BCUT2D eigenvalue weighted by Gasteiger charge is -2.42. The summed E-state index contributed by atoms with van der Waals surface area (Å²) in [6, 6.07) is 8.20. The van der Waals surface area contributed by atoms with Crippen molar-refractivity contribution in [3.63, 3.8) is 0 Å². The van der Waals surface area contributed by atoms with Gasteiger partial charge in [-0.2, -0.15) is 18.4 Å². The average molecular weight is 599 g/mol. The van der Waals surface area contributed by atoms with Crippen LogP contribution in [0.25, 0.3) is 0 Å². The van der Waals surface area contributed by atoms with Crippen LogP contribution in [-0.4, -0.2) is 50.0 Å². The van der Waals surface area contributed by atoms with Gasteiger partial charge in [-0.25, -0.2) is 19.1 Å². The Hall–Kier alpha value is -4.97. The molecule has 1 aliphatic carbocycles. The Morgan fingerprint density at radius 3 is 2.40 bits per heavy atom. The SMILES string of the molecule is CN(C(=O)c1ccc(N2C(=O)N(c3cnc(C#N)c(C(F)(F)F)c3)C(=O)C23CCC3)cc1F)C(=S)n1ccccc1=O. The topological polar surface area (TPSA) is 120 Å². The number of nitrogens with zero attached hydrogens (tertiary/aromatic N) is 6. The van der Waals surface area contributed by atoms with Crippen LogP contribution in [0.15, 0.2) is 59.7 Å². The van der Waals surface area contributed by atoms with Crippen LogP contribution in [0.4, 0.5) is 33.7 Å².